The Morgan fingerprint density at radius 3 is 2.55 bits per heavy atom. The standard InChI is InChI=1S/C24H23ClN2O4/c1-15-21(12-17-11-18(25)5-10-22(17)26-15)24(29)31-14-23(28)27(19-6-7-19)13-16-3-8-20(30-2)9-4-16/h3-5,8-12,19H,6-7,13-14H2,1-2H3. The van der Waals surface area contributed by atoms with Gasteiger partial charge in [-0.05, 0) is 61.7 Å². The maximum atomic E-state index is 12.8. The summed E-state index contributed by atoms with van der Waals surface area (Å²) in [6, 6.07) is 14.8. The summed E-state index contributed by atoms with van der Waals surface area (Å²) in [4.78, 5) is 31.7. The molecule has 31 heavy (non-hydrogen) atoms. The van der Waals surface area contributed by atoms with Crippen molar-refractivity contribution in [2.75, 3.05) is 13.7 Å². The average Bonchev–Trinajstić information content (AvgIpc) is 3.61. The van der Waals surface area contributed by atoms with E-state index < -0.39 is 5.97 Å². The van der Waals surface area contributed by atoms with Gasteiger partial charge in [0.05, 0.1) is 23.9 Å². The fourth-order valence-electron chi connectivity index (χ4n) is 3.47. The number of benzene rings is 2. The summed E-state index contributed by atoms with van der Waals surface area (Å²) in [5, 5.41) is 1.31. The highest BCUT2D eigenvalue weighted by Gasteiger charge is 2.33. The van der Waals surface area contributed by atoms with E-state index in [1.807, 2.05) is 24.3 Å². The summed E-state index contributed by atoms with van der Waals surface area (Å²) in [6.45, 7) is 1.91. The summed E-state index contributed by atoms with van der Waals surface area (Å²) in [6.07, 6.45) is 1.93. The van der Waals surface area contributed by atoms with Gasteiger partial charge in [0, 0.05) is 23.0 Å². The molecule has 0 radical (unpaired) electrons. The molecule has 7 heteroatoms. The van der Waals surface area contributed by atoms with Gasteiger partial charge in [-0.1, -0.05) is 23.7 Å². The number of fused-ring (bicyclic) bond motifs is 1. The predicted molar refractivity (Wildman–Crippen MR) is 118 cm³/mol. The first kappa shape index (κ1) is 21.1. The Bertz CT molecular complexity index is 1130. The van der Waals surface area contributed by atoms with Crippen LogP contribution in [0.15, 0.2) is 48.5 Å². The van der Waals surface area contributed by atoms with Gasteiger partial charge < -0.3 is 14.4 Å². The maximum Gasteiger partial charge on any atom is 0.340 e. The van der Waals surface area contributed by atoms with E-state index in [2.05, 4.69) is 4.98 Å². The van der Waals surface area contributed by atoms with Gasteiger partial charge in [0.15, 0.2) is 6.61 Å². The maximum absolute atomic E-state index is 12.8. The van der Waals surface area contributed by atoms with Crippen LogP contribution in [0.25, 0.3) is 10.9 Å². The number of aryl methyl sites for hydroxylation is 1. The second-order valence-electron chi connectivity index (χ2n) is 7.64. The number of methoxy groups -OCH3 is 1. The van der Waals surface area contributed by atoms with Crippen LogP contribution in [0.5, 0.6) is 5.75 Å². The molecule has 1 saturated carbocycles. The van der Waals surface area contributed by atoms with Crippen LogP contribution in [-0.4, -0.2) is 41.5 Å². The van der Waals surface area contributed by atoms with E-state index in [1.165, 1.54) is 0 Å². The first-order valence-electron chi connectivity index (χ1n) is 10.1. The van der Waals surface area contributed by atoms with Gasteiger partial charge in [-0.25, -0.2) is 4.79 Å². The van der Waals surface area contributed by atoms with E-state index in [0.29, 0.717) is 22.8 Å². The molecule has 0 aliphatic heterocycles. The van der Waals surface area contributed by atoms with Crippen molar-refractivity contribution in [1.29, 1.82) is 0 Å². The Kier molecular flexibility index (Phi) is 6.09. The number of hydrogen-bond donors (Lipinski definition) is 0. The molecule has 0 atom stereocenters. The number of rotatable bonds is 7. The molecule has 1 amide bonds. The molecule has 1 fully saturated rings. The van der Waals surface area contributed by atoms with E-state index in [-0.39, 0.29) is 18.6 Å². The minimum Gasteiger partial charge on any atom is -0.497 e. The molecule has 1 aromatic heterocycles. The lowest BCUT2D eigenvalue weighted by molar-refractivity contribution is -0.135. The van der Waals surface area contributed by atoms with Crippen LogP contribution in [-0.2, 0) is 16.1 Å². The van der Waals surface area contributed by atoms with Crippen molar-refractivity contribution in [3.8, 4) is 5.75 Å². The predicted octanol–water partition coefficient (Wildman–Crippen LogP) is 4.55. The molecule has 0 saturated heterocycles. The number of amides is 1. The highest BCUT2D eigenvalue weighted by Crippen LogP contribution is 2.29. The van der Waals surface area contributed by atoms with Crippen molar-refractivity contribution in [1.82, 2.24) is 9.88 Å². The van der Waals surface area contributed by atoms with E-state index in [1.54, 1.807) is 43.2 Å². The number of esters is 1. The molecule has 1 aliphatic rings. The van der Waals surface area contributed by atoms with Crippen LogP contribution >= 0.6 is 11.6 Å². The van der Waals surface area contributed by atoms with E-state index in [0.717, 1.165) is 35.1 Å². The van der Waals surface area contributed by atoms with Crippen molar-refractivity contribution in [2.45, 2.75) is 32.4 Å². The zero-order valence-corrected chi connectivity index (χ0v) is 18.2. The average molecular weight is 439 g/mol. The molecule has 4 rings (SSSR count). The normalized spacial score (nSPS) is 13.1. The van der Waals surface area contributed by atoms with Crippen molar-refractivity contribution in [3.05, 3.63) is 70.4 Å². The van der Waals surface area contributed by atoms with Gasteiger partial charge in [-0.3, -0.25) is 9.78 Å². The largest absolute Gasteiger partial charge is 0.497 e. The second kappa shape index (κ2) is 8.94. The van der Waals surface area contributed by atoms with Gasteiger partial charge in [-0.15, -0.1) is 0 Å². The lowest BCUT2D eigenvalue weighted by Gasteiger charge is -2.22. The SMILES string of the molecule is COc1ccc(CN(C(=O)COC(=O)c2cc3cc(Cl)ccc3nc2C)C2CC2)cc1. The summed E-state index contributed by atoms with van der Waals surface area (Å²) >= 11 is 6.05. The fraction of sp³-hybridized carbons (Fsp3) is 0.292. The monoisotopic (exact) mass is 438 g/mol. The molecule has 0 bridgehead atoms. The van der Waals surface area contributed by atoms with Crippen LogP contribution in [0.1, 0.15) is 34.5 Å². The smallest absolute Gasteiger partial charge is 0.340 e. The van der Waals surface area contributed by atoms with Gasteiger partial charge in [0.1, 0.15) is 5.75 Å². The molecular formula is C24H23ClN2O4. The van der Waals surface area contributed by atoms with E-state index in [9.17, 15) is 9.59 Å². The van der Waals surface area contributed by atoms with Gasteiger partial charge in [0.25, 0.3) is 5.91 Å². The first-order chi connectivity index (χ1) is 14.9. The Balaban J connectivity index is 1.43. The molecule has 160 valence electrons. The molecule has 3 aromatic rings. The molecule has 0 unspecified atom stereocenters. The highest BCUT2D eigenvalue weighted by atomic mass is 35.5. The van der Waals surface area contributed by atoms with Crippen LogP contribution in [0.3, 0.4) is 0 Å². The molecule has 0 N–H and O–H groups in total. The summed E-state index contributed by atoms with van der Waals surface area (Å²) in [5.41, 5.74) is 2.62. The molecule has 1 heterocycles. The van der Waals surface area contributed by atoms with E-state index >= 15 is 0 Å². The Morgan fingerprint density at radius 2 is 1.87 bits per heavy atom. The third-order valence-electron chi connectivity index (χ3n) is 5.33. The molecule has 6 nitrogen and oxygen atoms in total. The number of nitrogens with zero attached hydrogens (tertiary/aromatic N) is 2. The number of hydrogen-bond acceptors (Lipinski definition) is 5. The topological polar surface area (TPSA) is 68.7 Å². The third kappa shape index (κ3) is 4.97. The lowest BCUT2D eigenvalue weighted by atomic mass is 10.1. The number of aromatic nitrogens is 1. The molecule has 1 aliphatic carbocycles. The minimum atomic E-state index is -0.569. The number of carbonyl (C=O) groups is 2. The highest BCUT2D eigenvalue weighted by molar-refractivity contribution is 6.31. The molecule has 2 aromatic carbocycles. The van der Waals surface area contributed by atoms with Gasteiger partial charge in [0.2, 0.25) is 0 Å². The Hall–Kier alpha value is -3.12. The lowest BCUT2D eigenvalue weighted by Crippen LogP contribution is -2.36. The summed E-state index contributed by atoms with van der Waals surface area (Å²) in [7, 11) is 1.62. The van der Waals surface area contributed by atoms with Gasteiger partial charge in [-0.2, -0.15) is 0 Å². The number of pyridine rings is 1. The van der Waals surface area contributed by atoms with E-state index in [4.69, 9.17) is 21.1 Å². The van der Waals surface area contributed by atoms with Crippen molar-refractivity contribution >= 4 is 34.4 Å². The third-order valence-corrected chi connectivity index (χ3v) is 5.57. The van der Waals surface area contributed by atoms with Crippen LogP contribution < -0.4 is 4.74 Å². The van der Waals surface area contributed by atoms with Gasteiger partial charge >= 0.3 is 5.97 Å². The minimum absolute atomic E-state index is 0.194. The molecule has 0 spiro atoms. The summed E-state index contributed by atoms with van der Waals surface area (Å²) in [5.74, 6) is -0.0100. The quantitative estimate of drug-likeness (QED) is 0.506. The fourth-order valence-corrected chi connectivity index (χ4v) is 3.65. The zero-order valence-electron chi connectivity index (χ0n) is 17.4. The van der Waals surface area contributed by atoms with Crippen LogP contribution in [0.4, 0.5) is 0 Å². The number of carbonyl (C=O) groups excluding carboxylic acids is 2. The zero-order chi connectivity index (χ0) is 22.0. The summed E-state index contributed by atoms with van der Waals surface area (Å²) < 4.78 is 10.5. The van der Waals surface area contributed by atoms with Crippen LogP contribution in [0.2, 0.25) is 5.02 Å². The van der Waals surface area contributed by atoms with Crippen LogP contribution in [0, 0.1) is 6.92 Å². The molecular weight excluding hydrogens is 416 g/mol. The Morgan fingerprint density at radius 1 is 1.13 bits per heavy atom. The second-order valence-corrected chi connectivity index (χ2v) is 8.07. The van der Waals surface area contributed by atoms with Crippen molar-refractivity contribution in [3.63, 3.8) is 0 Å². The van der Waals surface area contributed by atoms with Crippen molar-refractivity contribution < 1.29 is 19.1 Å². The first-order valence-corrected chi connectivity index (χ1v) is 10.5. The van der Waals surface area contributed by atoms with Crippen molar-refractivity contribution in [2.24, 2.45) is 0 Å². The number of halogens is 1. The Labute approximate surface area is 185 Å². The number of ether oxygens (including phenoxy) is 2.